The van der Waals surface area contributed by atoms with E-state index in [1.165, 1.54) is 0 Å². The van der Waals surface area contributed by atoms with Crippen molar-refractivity contribution in [2.75, 3.05) is 38.6 Å². The molecule has 0 saturated heterocycles. The quantitative estimate of drug-likeness (QED) is 0.115. The molecule has 0 heterocycles. The molecule has 0 aliphatic rings. The molecular formula is C25H38N2O11. The predicted molar refractivity (Wildman–Crippen MR) is 136 cm³/mol. The third-order valence-electron chi connectivity index (χ3n) is 5.32. The fourth-order valence-corrected chi connectivity index (χ4v) is 3.16. The fourth-order valence-electron chi connectivity index (χ4n) is 3.16. The summed E-state index contributed by atoms with van der Waals surface area (Å²) in [6.45, 7) is 9.17. The van der Waals surface area contributed by atoms with Gasteiger partial charge in [-0.1, -0.05) is 39.7 Å². The molecule has 0 bridgehead atoms. The van der Waals surface area contributed by atoms with Gasteiger partial charge in [-0.3, -0.25) is 9.59 Å². The average molecular weight is 543 g/mol. The van der Waals surface area contributed by atoms with Crippen molar-refractivity contribution in [2.45, 2.75) is 58.5 Å². The number of benzene rings is 1. The lowest BCUT2D eigenvalue weighted by Gasteiger charge is -2.18. The van der Waals surface area contributed by atoms with Gasteiger partial charge >= 0.3 is 29.8 Å². The highest BCUT2D eigenvalue weighted by molar-refractivity contribution is 6.06. The molecule has 214 valence electrons. The number of nitrogens with two attached hydrogens (primary N) is 1. The number of esters is 2. The second-order valence-electron chi connectivity index (χ2n) is 8.25. The molecule has 0 spiro atoms. The minimum Gasteiger partial charge on any atom is -0.481 e. The summed E-state index contributed by atoms with van der Waals surface area (Å²) in [4.78, 5) is 57.3. The molecule has 0 fully saturated rings. The second kappa shape index (κ2) is 17.7. The van der Waals surface area contributed by atoms with Gasteiger partial charge in [0.05, 0.1) is 30.6 Å². The lowest BCUT2D eigenvalue weighted by Crippen LogP contribution is -2.42. The van der Waals surface area contributed by atoms with Gasteiger partial charge in [0, 0.05) is 12.2 Å². The molecular weight excluding hydrogens is 504 g/mol. The summed E-state index contributed by atoms with van der Waals surface area (Å²) in [7, 11) is 0. The molecule has 1 aromatic rings. The number of anilines is 1. The van der Waals surface area contributed by atoms with Gasteiger partial charge in [0.25, 0.3) is 0 Å². The van der Waals surface area contributed by atoms with Crippen LogP contribution in [0.1, 0.15) is 73.6 Å². The molecule has 6 N–H and O–H groups in total. The molecule has 0 radical (unpaired) electrons. The van der Waals surface area contributed by atoms with Crippen LogP contribution in [0.4, 0.5) is 5.69 Å². The van der Waals surface area contributed by atoms with Crippen molar-refractivity contribution in [3.8, 4) is 0 Å². The number of nitrogens with zero attached hydrogens (tertiary/aromatic N) is 1. The predicted octanol–water partition coefficient (Wildman–Crippen LogP) is 1.87. The van der Waals surface area contributed by atoms with E-state index in [-0.39, 0.29) is 23.4 Å². The first-order valence-electron chi connectivity index (χ1n) is 12.2. The molecule has 13 heteroatoms. The first-order chi connectivity index (χ1) is 17.8. The number of hydrogen-bond donors (Lipinski definition) is 5. The van der Waals surface area contributed by atoms with Crippen LogP contribution in [0.5, 0.6) is 0 Å². The SMILES string of the molecule is CCCCCOC(=O)c1cccc(N)c1C(=O)OCCN(CC)CC.O=C(O)CC(O)(CC(=O)O)C(=O)O. The number of unbranched alkanes of at least 4 members (excludes halogenated alkanes) is 2. The number of hydrogen-bond acceptors (Lipinski definition) is 10. The summed E-state index contributed by atoms with van der Waals surface area (Å²) in [5.74, 6) is -6.15. The number of aliphatic hydroxyl groups is 1. The van der Waals surface area contributed by atoms with Crippen molar-refractivity contribution in [3.63, 3.8) is 0 Å². The number of likely N-dealkylation sites (N-methyl/N-ethyl adjacent to an activating group) is 1. The van der Waals surface area contributed by atoms with Gasteiger partial charge in [-0.15, -0.1) is 0 Å². The lowest BCUT2D eigenvalue weighted by molar-refractivity contribution is -0.170. The molecule has 13 nitrogen and oxygen atoms in total. The summed E-state index contributed by atoms with van der Waals surface area (Å²) in [6.07, 6.45) is 0.544. The monoisotopic (exact) mass is 542 g/mol. The average Bonchev–Trinajstić information content (AvgIpc) is 2.83. The summed E-state index contributed by atoms with van der Waals surface area (Å²) in [5.41, 5.74) is 3.62. The van der Waals surface area contributed by atoms with E-state index in [0.717, 1.165) is 32.4 Å². The van der Waals surface area contributed by atoms with Crippen LogP contribution in [0.25, 0.3) is 0 Å². The normalized spacial score (nSPS) is 10.8. The Labute approximate surface area is 221 Å². The Hall–Kier alpha value is -3.71. The number of carboxylic acid groups (broad SMARTS) is 3. The smallest absolute Gasteiger partial charge is 0.341 e. The van der Waals surface area contributed by atoms with Gasteiger partial charge < -0.3 is 40.5 Å². The van der Waals surface area contributed by atoms with E-state index in [0.29, 0.717) is 13.2 Å². The molecule has 0 saturated carbocycles. The number of carboxylic acids is 3. The lowest BCUT2D eigenvalue weighted by atomic mass is 9.96. The van der Waals surface area contributed by atoms with Crippen LogP contribution in [0.3, 0.4) is 0 Å². The van der Waals surface area contributed by atoms with Gasteiger partial charge in [0.2, 0.25) is 0 Å². The molecule has 0 aliphatic carbocycles. The van der Waals surface area contributed by atoms with Gasteiger partial charge in [0.1, 0.15) is 6.61 Å². The number of aliphatic carboxylic acids is 3. The minimum atomic E-state index is -2.74. The van der Waals surface area contributed by atoms with Gasteiger partial charge in [0.15, 0.2) is 5.60 Å². The van der Waals surface area contributed by atoms with Crippen molar-refractivity contribution in [3.05, 3.63) is 29.3 Å². The van der Waals surface area contributed by atoms with Crippen molar-refractivity contribution in [1.29, 1.82) is 0 Å². The highest BCUT2D eigenvalue weighted by atomic mass is 16.5. The highest BCUT2D eigenvalue weighted by Crippen LogP contribution is 2.20. The zero-order valence-electron chi connectivity index (χ0n) is 22.0. The number of carbonyl (C=O) groups excluding carboxylic acids is 2. The first-order valence-corrected chi connectivity index (χ1v) is 12.2. The molecule has 0 aromatic heterocycles. The molecule has 0 amide bonds. The maximum absolute atomic E-state index is 12.4. The van der Waals surface area contributed by atoms with Crippen LogP contribution in [0, 0.1) is 0 Å². The van der Waals surface area contributed by atoms with Gasteiger partial charge in [-0.05, 0) is 31.6 Å². The van der Waals surface area contributed by atoms with Gasteiger partial charge in [-0.2, -0.15) is 0 Å². The molecule has 1 aromatic carbocycles. The van der Waals surface area contributed by atoms with Crippen molar-refractivity contribution in [1.82, 2.24) is 4.90 Å². The summed E-state index contributed by atoms with van der Waals surface area (Å²) < 4.78 is 10.6. The largest absolute Gasteiger partial charge is 0.481 e. The standard InChI is InChI=1S/C19H30N2O4.C6H8O7/c1-4-7-8-13-24-18(22)15-10-9-11-16(20)17(15)19(23)25-14-12-21(5-2)6-3;7-3(8)1-6(13,5(11)12)2-4(9)10/h9-11H,4-8,12-14,20H2,1-3H3;13H,1-2H2,(H,7,8)(H,9,10)(H,11,12). The van der Waals surface area contributed by atoms with Crippen LogP contribution in [0.15, 0.2) is 18.2 Å². The third-order valence-corrected chi connectivity index (χ3v) is 5.32. The summed E-state index contributed by atoms with van der Waals surface area (Å²) in [6, 6.07) is 4.75. The Morgan fingerprint density at radius 1 is 0.868 bits per heavy atom. The molecule has 0 aliphatic heterocycles. The Morgan fingerprint density at radius 3 is 1.89 bits per heavy atom. The summed E-state index contributed by atoms with van der Waals surface area (Å²) in [5, 5.41) is 33.8. The Morgan fingerprint density at radius 2 is 1.42 bits per heavy atom. The number of carbonyl (C=O) groups is 5. The third kappa shape index (κ3) is 12.5. The summed E-state index contributed by atoms with van der Waals surface area (Å²) >= 11 is 0. The zero-order chi connectivity index (χ0) is 29.3. The molecule has 38 heavy (non-hydrogen) atoms. The number of rotatable bonds is 16. The maximum atomic E-state index is 12.4. The Bertz CT molecular complexity index is 929. The zero-order valence-corrected chi connectivity index (χ0v) is 22.0. The minimum absolute atomic E-state index is 0.0857. The van der Waals surface area contributed by atoms with E-state index in [4.69, 9.17) is 35.6 Å². The molecule has 1 rings (SSSR count). The maximum Gasteiger partial charge on any atom is 0.341 e. The topological polar surface area (TPSA) is 214 Å². The first kappa shape index (κ1) is 34.3. The fraction of sp³-hybridized carbons (Fsp3) is 0.560. The highest BCUT2D eigenvalue weighted by Gasteiger charge is 2.40. The van der Waals surface area contributed by atoms with Crippen molar-refractivity contribution >= 4 is 35.5 Å². The van der Waals surface area contributed by atoms with Crippen LogP contribution in [0.2, 0.25) is 0 Å². The van der Waals surface area contributed by atoms with Gasteiger partial charge in [-0.25, -0.2) is 14.4 Å². The van der Waals surface area contributed by atoms with E-state index in [9.17, 15) is 24.0 Å². The van der Waals surface area contributed by atoms with Crippen molar-refractivity contribution < 1.29 is 53.9 Å². The van der Waals surface area contributed by atoms with E-state index in [1.807, 2.05) is 13.8 Å². The number of nitrogen functional groups attached to an aromatic ring is 1. The molecule has 0 atom stereocenters. The van der Waals surface area contributed by atoms with E-state index in [2.05, 4.69) is 11.8 Å². The second-order valence-corrected chi connectivity index (χ2v) is 8.25. The Balaban J connectivity index is 0.000000889. The van der Waals surface area contributed by atoms with Crippen molar-refractivity contribution in [2.24, 2.45) is 0 Å². The van der Waals surface area contributed by atoms with E-state index >= 15 is 0 Å². The van der Waals surface area contributed by atoms with Crippen LogP contribution in [-0.4, -0.2) is 93.6 Å². The van der Waals surface area contributed by atoms with Crippen LogP contribution < -0.4 is 5.73 Å². The van der Waals surface area contributed by atoms with E-state index < -0.39 is 48.3 Å². The van der Waals surface area contributed by atoms with E-state index in [1.54, 1.807) is 18.2 Å². The number of ether oxygens (including phenoxy) is 2. The Kier molecular flexibility index (Phi) is 16.0. The van der Waals surface area contributed by atoms with Crippen LogP contribution in [-0.2, 0) is 23.9 Å². The molecule has 0 unspecified atom stereocenters. The van der Waals surface area contributed by atoms with Crippen LogP contribution >= 0.6 is 0 Å².